The summed E-state index contributed by atoms with van der Waals surface area (Å²) in [4.78, 5) is 13.5. The minimum absolute atomic E-state index is 0.312. The van der Waals surface area contributed by atoms with E-state index in [1.807, 2.05) is 11.8 Å². The topological polar surface area (TPSA) is 20.3 Å². The average molecular weight is 187 g/mol. The zero-order valence-electron chi connectivity index (χ0n) is 7.92. The van der Waals surface area contributed by atoms with Crippen molar-refractivity contribution in [3.63, 3.8) is 0 Å². The third kappa shape index (κ3) is 1.98. The number of hydrogen-bond donors (Lipinski definition) is 0. The molecule has 1 aliphatic rings. The van der Waals surface area contributed by atoms with Crippen LogP contribution in [-0.2, 0) is 4.79 Å². The molecule has 0 spiro atoms. The molecule has 0 aromatic heterocycles. The molecule has 3 atom stereocenters. The van der Waals surface area contributed by atoms with Crippen LogP contribution in [0.2, 0.25) is 0 Å². The fourth-order valence-corrected chi connectivity index (χ4v) is 2.39. The zero-order valence-corrected chi connectivity index (χ0v) is 9.07. The lowest BCUT2D eigenvalue weighted by molar-refractivity contribution is -0.131. The molecule has 1 fully saturated rings. The molecule has 1 saturated heterocycles. The molecule has 0 saturated carbocycles. The van der Waals surface area contributed by atoms with Crippen LogP contribution in [0.4, 0.5) is 0 Å². The number of likely N-dealkylation sites (tertiary alicyclic amines) is 1. The molecule has 12 heavy (non-hydrogen) atoms. The Morgan fingerprint density at radius 3 is 2.75 bits per heavy atom. The zero-order chi connectivity index (χ0) is 9.14. The van der Waals surface area contributed by atoms with E-state index < -0.39 is 0 Å². The van der Waals surface area contributed by atoms with E-state index in [0.717, 1.165) is 19.4 Å². The largest absolute Gasteiger partial charge is 0.339 e. The third-order valence-corrected chi connectivity index (χ3v) is 3.02. The van der Waals surface area contributed by atoms with Gasteiger partial charge in [0.1, 0.15) is 0 Å². The Morgan fingerprint density at radius 2 is 2.25 bits per heavy atom. The summed E-state index contributed by atoms with van der Waals surface area (Å²) in [5, 5.41) is 0. The molecule has 0 N–H and O–H groups in total. The van der Waals surface area contributed by atoms with Crippen LogP contribution >= 0.6 is 9.24 Å². The van der Waals surface area contributed by atoms with Crippen molar-refractivity contribution < 1.29 is 4.79 Å². The second kappa shape index (κ2) is 4.23. The van der Waals surface area contributed by atoms with E-state index >= 15 is 0 Å². The highest BCUT2D eigenvalue weighted by atomic mass is 31.0. The van der Waals surface area contributed by atoms with Crippen molar-refractivity contribution >= 4 is 15.1 Å². The predicted octanol–water partition coefficient (Wildman–Crippen LogP) is 1.65. The van der Waals surface area contributed by atoms with Crippen LogP contribution in [0.5, 0.6) is 0 Å². The SMILES string of the molecule is CCC(=O)N1CC(P)CC1CC. The van der Waals surface area contributed by atoms with Gasteiger partial charge in [-0.05, 0) is 18.5 Å². The Bertz CT molecular complexity index is 172. The van der Waals surface area contributed by atoms with Gasteiger partial charge in [-0.25, -0.2) is 0 Å². The molecule has 3 heteroatoms. The summed E-state index contributed by atoms with van der Waals surface area (Å²) in [7, 11) is 2.82. The van der Waals surface area contributed by atoms with Crippen molar-refractivity contribution in [3.8, 4) is 0 Å². The smallest absolute Gasteiger partial charge is 0.222 e. The van der Waals surface area contributed by atoms with Crippen LogP contribution in [0.25, 0.3) is 0 Å². The van der Waals surface area contributed by atoms with Crippen molar-refractivity contribution in [2.24, 2.45) is 0 Å². The second-order valence-electron chi connectivity index (χ2n) is 3.46. The van der Waals surface area contributed by atoms with E-state index in [4.69, 9.17) is 0 Å². The van der Waals surface area contributed by atoms with Crippen LogP contribution in [0.3, 0.4) is 0 Å². The minimum atomic E-state index is 0.312. The Hall–Kier alpha value is -0.100. The van der Waals surface area contributed by atoms with Gasteiger partial charge < -0.3 is 4.90 Å². The molecule has 1 rings (SSSR count). The van der Waals surface area contributed by atoms with Crippen LogP contribution in [0, 0.1) is 0 Å². The molecule has 2 nitrogen and oxygen atoms in total. The lowest BCUT2D eigenvalue weighted by atomic mass is 10.1. The highest BCUT2D eigenvalue weighted by Gasteiger charge is 2.30. The monoisotopic (exact) mass is 187 g/mol. The maximum absolute atomic E-state index is 11.4. The van der Waals surface area contributed by atoms with Gasteiger partial charge >= 0.3 is 0 Å². The third-order valence-electron chi connectivity index (χ3n) is 2.54. The first-order valence-electron chi connectivity index (χ1n) is 4.74. The summed E-state index contributed by atoms with van der Waals surface area (Å²) in [6, 6.07) is 0.500. The molecule has 1 heterocycles. The second-order valence-corrected chi connectivity index (χ2v) is 4.40. The quantitative estimate of drug-likeness (QED) is 0.602. The Morgan fingerprint density at radius 1 is 1.58 bits per heavy atom. The van der Waals surface area contributed by atoms with Crippen LogP contribution in [0.15, 0.2) is 0 Å². The first-order valence-corrected chi connectivity index (χ1v) is 5.40. The average Bonchev–Trinajstić information content (AvgIpc) is 2.45. The van der Waals surface area contributed by atoms with Crippen molar-refractivity contribution in [1.82, 2.24) is 4.90 Å². The Balaban J connectivity index is 2.57. The van der Waals surface area contributed by atoms with Crippen molar-refractivity contribution in [2.45, 2.75) is 44.8 Å². The van der Waals surface area contributed by atoms with Crippen molar-refractivity contribution in [3.05, 3.63) is 0 Å². The van der Waals surface area contributed by atoms with Gasteiger partial charge in [0.15, 0.2) is 0 Å². The minimum Gasteiger partial charge on any atom is -0.339 e. The Labute approximate surface area is 76.9 Å². The van der Waals surface area contributed by atoms with E-state index in [1.165, 1.54) is 0 Å². The molecule has 1 amide bonds. The predicted molar refractivity (Wildman–Crippen MR) is 54.2 cm³/mol. The van der Waals surface area contributed by atoms with Gasteiger partial charge in [-0.15, -0.1) is 9.24 Å². The van der Waals surface area contributed by atoms with Gasteiger partial charge in [0, 0.05) is 19.0 Å². The lowest BCUT2D eigenvalue weighted by Crippen LogP contribution is -2.34. The van der Waals surface area contributed by atoms with Gasteiger partial charge in [-0.3, -0.25) is 4.79 Å². The highest BCUT2D eigenvalue weighted by Crippen LogP contribution is 2.25. The molecule has 0 aromatic rings. The number of carbonyl (C=O) groups is 1. The van der Waals surface area contributed by atoms with E-state index in [9.17, 15) is 4.79 Å². The summed E-state index contributed by atoms with van der Waals surface area (Å²) in [6.45, 7) is 5.03. The van der Waals surface area contributed by atoms with E-state index in [-0.39, 0.29) is 0 Å². The molecule has 3 unspecified atom stereocenters. The van der Waals surface area contributed by atoms with Crippen LogP contribution < -0.4 is 0 Å². The fraction of sp³-hybridized carbons (Fsp3) is 0.889. The first kappa shape index (κ1) is 9.98. The van der Waals surface area contributed by atoms with Crippen molar-refractivity contribution in [2.75, 3.05) is 6.54 Å². The summed E-state index contributed by atoms with van der Waals surface area (Å²) < 4.78 is 0. The van der Waals surface area contributed by atoms with E-state index in [2.05, 4.69) is 16.2 Å². The Kier molecular flexibility index (Phi) is 3.52. The molecular formula is C9H18NOP. The molecule has 0 aromatic carbocycles. The molecule has 70 valence electrons. The molecule has 1 aliphatic heterocycles. The summed E-state index contributed by atoms with van der Waals surface area (Å²) in [5.74, 6) is 0.312. The molecule has 0 aliphatic carbocycles. The lowest BCUT2D eigenvalue weighted by Gasteiger charge is -2.22. The molecule has 0 radical (unpaired) electrons. The van der Waals surface area contributed by atoms with Gasteiger partial charge in [-0.2, -0.15) is 0 Å². The van der Waals surface area contributed by atoms with Crippen LogP contribution in [0.1, 0.15) is 33.1 Å². The molecular weight excluding hydrogens is 169 g/mol. The number of amides is 1. The van der Waals surface area contributed by atoms with E-state index in [0.29, 0.717) is 24.0 Å². The summed E-state index contributed by atoms with van der Waals surface area (Å²) >= 11 is 0. The maximum atomic E-state index is 11.4. The normalized spacial score (nSPS) is 29.4. The van der Waals surface area contributed by atoms with Gasteiger partial charge in [0.25, 0.3) is 0 Å². The number of carbonyl (C=O) groups excluding carboxylic acids is 1. The van der Waals surface area contributed by atoms with Gasteiger partial charge in [-0.1, -0.05) is 13.8 Å². The molecule has 0 bridgehead atoms. The maximum Gasteiger partial charge on any atom is 0.222 e. The first-order chi connectivity index (χ1) is 5.69. The van der Waals surface area contributed by atoms with E-state index in [1.54, 1.807) is 0 Å². The van der Waals surface area contributed by atoms with Gasteiger partial charge in [0.05, 0.1) is 0 Å². The van der Waals surface area contributed by atoms with Gasteiger partial charge in [0.2, 0.25) is 5.91 Å². The standard InChI is InChI=1S/C9H18NOP/c1-3-7-5-8(12)6-10(7)9(11)4-2/h7-8H,3-6,12H2,1-2H3. The highest BCUT2D eigenvalue weighted by molar-refractivity contribution is 7.17. The summed E-state index contributed by atoms with van der Waals surface area (Å²) in [6.07, 6.45) is 2.90. The number of nitrogens with zero attached hydrogens (tertiary/aromatic N) is 1. The fourth-order valence-electron chi connectivity index (χ4n) is 1.85. The number of rotatable bonds is 2. The van der Waals surface area contributed by atoms with Crippen molar-refractivity contribution in [1.29, 1.82) is 0 Å². The van der Waals surface area contributed by atoms with Crippen LogP contribution in [-0.4, -0.2) is 29.1 Å². The number of hydrogen-bond acceptors (Lipinski definition) is 1. The summed E-state index contributed by atoms with van der Waals surface area (Å²) in [5.41, 5.74) is 0.616.